The molecule has 1 aliphatic carbocycles. The number of nitrogens with one attached hydrogen (secondary N) is 2. The molecule has 2 aromatic rings. The Hall–Kier alpha value is -3.72. The minimum absolute atomic E-state index is 0.0911. The van der Waals surface area contributed by atoms with Crippen LogP contribution in [0.4, 0.5) is 0 Å². The van der Waals surface area contributed by atoms with Crippen molar-refractivity contribution >= 4 is 11.8 Å². The SMILES string of the molecule is O=C(CCc1nc(-c2ccccc2)no1)NCCNCC1=C2C=CC=CC2C(=O)N=N1. The van der Waals surface area contributed by atoms with Gasteiger partial charge < -0.3 is 15.2 Å². The highest BCUT2D eigenvalue weighted by molar-refractivity contribution is 5.86. The summed E-state index contributed by atoms with van der Waals surface area (Å²) < 4.78 is 5.22. The van der Waals surface area contributed by atoms with E-state index >= 15 is 0 Å². The summed E-state index contributed by atoms with van der Waals surface area (Å²) in [7, 11) is 0. The molecule has 0 fully saturated rings. The Kier molecular flexibility index (Phi) is 6.53. The number of aromatic nitrogens is 2. The number of amides is 2. The summed E-state index contributed by atoms with van der Waals surface area (Å²) in [5.74, 6) is 0.270. The monoisotopic (exact) mass is 418 g/mol. The molecular formula is C22H22N6O3. The van der Waals surface area contributed by atoms with E-state index in [1.807, 2.05) is 54.6 Å². The number of allylic oxidation sites excluding steroid dienone is 3. The predicted molar refractivity (Wildman–Crippen MR) is 113 cm³/mol. The highest BCUT2D eigenvalue weighted by atomic mass is 16.5. The van der Waals surface area contributed by atoms with Crippen molar-refractivity contribution in [2.75, 3.05) is 19.6 Å². The lowest BCUT2D eigenvalue weighted by Crippen LogP contribution is -2.33. The third kappa shape index (κ3) is 5.26. The Morgan fingerprint density at radius 3 is 2.84 bits per heavy atom. The summed E-state index contributed by atoms with van der Waals surface area (Å²) in [6.45, 7) is 1.51. The number of hydrogen-bond acceptors (Lipinski definition) is 7. The Labute approximate surface area is 179 Å². The van der Waals surface area contributed by atoms with Gasteiger partial charge in [-0.25, -0.2) is 0 Å². The van der Waals surface area contributed by atoms with Crippen LogP contribution >= 0.6 is 0 Å². The van der Waals surface area contributed by atoms with Crippen molar-refractivity contribution in [3.8, 4) is 11.4 Å². The number of rotatable bonds is 9. The van der Waals surface area contributed by atoms with Crippen LogP contribution in [0.25, 0.3) is 11.4 Å². The average molecular weight is 418 g/mol. The number of carbonyl (C=O) groups is 2. The van der Waals surface area contributed by atoms with Gasteiger partial charge in [-0.1, -0.05) is 59.8 Å². The first-order valence-electron chi connectivity index (χ1n) is 10.1. The molecule has 31 heavy (non-hydrogen) atoms. The maximum Gasteiger partial charge on any atom is 0.275 e. The van der Waals surface area contributed by atoms with Crippen LogP contribution in [0.1, 0.15) is 12.3 Å². The lowest BCUT2D eigenvalue weighted by atomic mass is 9.91. The standard InChI is InChI=1S/C22H22N6O3/c29-19(10-11-20-25-21(28-31-20)15-6-2-1-3-7-15)24-13-12-23-14-18-16-8-4-5-9-17(16)22(30)27-26-18/h1-9,17,23H,10-14H2,(H,24,29). The Morgan fingerprint density at radius 2 is 1.97 bits per heavy atom. The number of carbonyl (C=O) groups excluding carboxylic acids is 2. The number of hydrogen-bond donors (Lipinski definition) is 2. The maximum atomic E-state index is 12.1. The van der Waals surface area contributed by atoms with Crippen LogP contribution in [-0.2, 0) is 16.0 Å². The van der Waals surface area contributed by atoms with E-state index in [2.05, 4.69) is 31.0 Å². The van der Waals surface area contributed by atoms with Crippen LogP contribution in [0.2, 0.25) is 0 Å². The average Bonchev–Trinajstić information content (AvgIpc) is 3.29. The zero-order chi connectivity index (χ0) is 21.5. The molecule has 9 nitrogen and oxygen atoms in total. The van der Waals surface area contributed by atoms with Crippen molar-refractivity contribution in [3.63, 3.8) is 0 Å². The minimum Gasteiger partial charge on any atom is -0.355 e. The zero-order valence-electron chi connectivity index (χ0n) is 16.8. The van der Waals surface area contributed by atoms with Crippen LogP contribution in [0, 0.1) is 5.92 Å². The van der Waals surface area contributed by atoms with Crippen molar-refractivity contribution in [2.45, 2.75) is 12.8 Å². The summed E-state index contributed by atoms with van der Waals surface area (Å²) >= 11 is 0. The Balaban J connectivity index is 1.16. The molecule has 0 bridgehead atoms. The van der Waals surface area contributed by atoms with E-state index in [0.29, 0.717) is 37.8 Å². The summed E-state index contributed by atoms with van der Waals surface area (Å²) in [4.78, 5) is 28.2. The maximum absolute atomic E-state index is 12.1. The van der Waals surface area contributed by atoms with Crippen LogP contribution in [0.3, 0.4) is 0 Å². The molecule has 2 heterocycles. The normalized spacial score (nSPS) is 17.2. The molecule has 0 spiro atoms. The molecule has 1 unspecified atom stereocenters. The van der Waals surface area contributed by atoms with E-state index in [4.69, 9.17) is 4.52 Å². The van der Waals surface area contributed by atoms with Gasteiger partial charge in [-0.2, -0.15) is 10.1 Å². The second kappa shape index (κ2) is 9.86. The van der Waals surface area contributed by atoms with Crippen molar-refractivity contribution < 1.29 is 14.1 Å². The molecule has 1 aromatic heterocycles. The number of azo groups is 1. The van der Waals surface area contributed by atoms with Gasteiger partial charge >= 0.3 is 0 Å². The van der Waals surface area contributed by atoms with Gasteiger partial charge in [-0.15, -0.1) is 5.11 Å². The summed E-state index contributed by atoms with van der Waals surface area (Å²) in [5.41, 5.74) is 2.48. The fraction of sp³-hybridized carbons (Fsp3) is 0.273. The minimum atomic E-state index is -0.342. The zero-order valence-corrected chi connectivity index (χ0v) is 16.8. The lowest BCUT2D eigenvalue weighted by molar-refractivity contribution is -0.121. The molecule has 0 radical (unpaired) electrons. The molecule has 2 amide bonds. The quantitative estimate of drug-likeness (QED) is 0.603. The van der Waals surface area contributed by atoms with Gasteiger partial charge in [0.05, 0.1) is 11.6 Å². The van der Waals surface area contributed by atoms with E-state index in [-0.39, 0.29) is 24.2 Å². The molecule has 2 aliphatic rings. The van der Waals surface area contributed by atoms with Gasteiger partial charge in [-0.05, 0) is 5.57 Å². The Morgan fingerprint density at radius 1 is 1.10 bits per heavy atom. The number of aryl methyl sites for hydroxylation is 1. The lowest BCUT2D eigenvalue weighted by Gasteiger charge is -2.19. The first-order valence-corrected chi connectivity index (χ1v) is 10.1. The second-order valence-electron chi connectivity index (χ2n) is 7.07. The van der Waals surface area contributed by atoms with Crippen molar-refractivity contribution in [1.29, 1.82) is 0 Å². The molecule has 2 N–H and O–H groups in total. The largest absolute Gasteiger partial charge is 0.355 e. The van der Waals surface area contributed by atoms with Gasteiger partial charge in [0.1, 0.15) is 0 Å². The van der Waals surface area contributed by atoms with Crippen molar-refractivity contribution in [2.24, 2.45) is 16.1 Å². The number of fused-ring (bicyclic) bond motifs is 1. The molecule has 0 saturated heterocycles. The predicted octanol–water partition coefficient (Wildman–Crippen LogP) is 2.36. The van der Waals surface area contributed by atoms with Crippen molar-refractivity contribution in [3.05, 3.63) is 71.8 Å². The third-order valence-electron chi connectivity index (χ3n) is 4.88. The van der Waals surface area contributed by atoms with Gasteiger partial charge in [0, 0.05) is 38.0 Å². The number of benzene rings is 1. The molecule has 0 saturated carbocycles. The molecule has 1 atom stereocenters. The number of nitrogens with zero attached hydrogens (tertiary/aromatic N) is 4. The molecule has 1 aromatic carbocycles. The molecule has 1 aliphatic heterocycles. The first-order chi connectivity index (χ1) is 15.2. The van der Waals surface area contributed by atoms with Crippen LogP contribution in [0.15, 0.2) is 80.7 Å². The van der Waals surface area contributed by atoms with Crippen LogP contribution in [-0.4, -0.2) is 41.6 Å². The molecular weight excluding hydrogens is 396 g/mol. The summed E-state index contributed by atoms with van der Waals surface area (Å²) in [5, 5.41) is 17.7. The Bertz CT molecular complexity index is 1070. The van der Waals surface area contributed by atoms with Crippen LogP contribution < -0.4 is 10.6 Å². The molecule has 4 rings (SSSR count). The third-order valence-corrected chi connectivity index (χ3v) is 4.88. The first kappa shape index (κ1) is 20.5. The van der Waals surface area contributed by atoms with Crippen LogP contribution in [0.5, 0.6) is 0 Å². The van der Waals surface area contributed by atoms with Gasteiger partial charge in [0.2, 0.25) is 17.6 Å². The van der Waals surface area contributed by atoms with E-state index in [9.17, 15) is 9.59 Å². The highest BCUT2D eigenvalue weighted by Gasteiger charge is 2.26. The van der Waals surface area contributed by atoms with Gasteiger partial charge in [0.15, 0.2) is 0 Å². The fourth-order valence-electron chi connectivity index (χ4n) is 3.27. The van der Waals surface area contributed by atoms with Crippen molar-refractivity contribution in [1.82, 2.24) is 20.8 Å². The smallest absolute Gasteiger partial charge is 0.275 e. The molecule has 158 valence electrons. The van der Waals surface area contributed by atoms with E-state index in [1.54, 1.807) is 0 Å². The van der Waals surface area contributed by atoms with E-state index in [1.165, 1.54) is 0 Å². The van der Waals surface area contributed by atoms with E-state index in [0.717, 1.165) is 16.8 Å². The highest BCUT2D eigenvalue weighted by Crippen LogP contribution is 2.28. The molecule has 9 heteroatoms. The fourth-order valence-corrected chi connectivity index (χ4v) is 3.27. The topological polar surface area (TPSA) is 122 Å². The summed E-state index contributed by atoms with van der Waals surface area (Å²) in [6.07, 6.45) is 8.07. The second-order valence-corrected chi connectivity index (χ2v) is 7.07. The van der Waals surface area contributed by atoms with Gasteiger partial charge in [0.25, 0.3) is 5.91 Å². The van der Waals surface area contributed by atoms with E-state index < -0.39 is 0 Å². The van der Waals surface area contributed by atoms with Gasteiger partial charge in [-0.3, -0.25) is 9.59 Å². The summed E-state index contributed by atoms with van der Waals surface area (Å²) in [6, 6.07) is 9.53.